The standard InChI is InChI=1S/C13H17NO4.ClH/c14-12(8-3-5-18-6-4-8)9-1-2-11(15)10(7-9)13(16)17;/h1-2,7-8,12,15H,3-6,14H2,(H,16,17);1H/t12-;/m1./s1. The number of halogens is 1. The molecule has 0 spiro atoms. The maximum atomic E-state index is 11.0. The van der Waals surface area contributed by atoms with Crippen molar-refractivity contribution in [3.05, 3.63) is 29.3 Å². The lowest BCUT2D eigenvalue weighted by molar-refractivity contribution is 0.0582. The number of nitrogens with two attached hydrogens (primary N) is 1. The van der Waals surface area contributed by atoms with Crippen LogP contribution in [0.15, 0.2) is 18.2 Å². The molecule has 1 fully saturated rings. The fourth-order valence-electron chi connectivity index (χ4n) is 2.28. The number of phenols is 1. The highest BCUT2D eigenvalue weighted by atomic mass is 35.5. The molecule has 1 aromatic carbocycles. The van der Waals surface area contributed by atoms with Crippen LogP contribution in [0.1, 0.15) is 34.8 Å². The maximum absolute atomic E-state index is 11.0. The maximum Gasteiger partial charge on any atom is 0.339 e. The zero-order chi connectivity index (χ0) is 13.1. The Kier molecular flexibility index (Phi) is 5.60. The molecule has 4 N–H and O–H groups in total. The Morgan fingerprint density at radius 2 is 2.00 bits per heavy atom. The fraction of sp³-hybridized carbons (Fsp3) is 0.462. The van der Waals surface area contributed by atoms with Crippen LogP contribution in [-0.4, -0.2) is 29.4 Å². The first-order chi connectivity index (χ1) is 8.59. The molecule has 19 heavy (non-hydrogen) atoms. The lowest BCUT2D eigenvalue weighted by Crippen LogP contribution is -2.27. The van der Waals surface area contributed by atoms with Gasteiger partial charge in [0.25, 0.3) is 0 Å². The molecule has 6 heteroatoms. The van der Waals surface area contributed by atoms with Gasteiger partial charge in [0, 0.05) is 19.3 Å². The fourth-order valence-corrected chi connectivity index (χ4v) is 2.28. The van der Waals surface area contributed by atoms with E-state index in [4.69, 9.17) is 15.6 Å². The zero-order valence-corrected chi connectivity index (χ0v) is 11.2. The lowest BCUT2D eigenvalue weighted by atomic mass is 9.87. The first-order valence-corrected chi connectivity index (χ1v) is 5.99. The van der Waals surface area contributed by atoms with Gasteiger partial charge in [0.2, 0.25) is 0 Å². The molecular formula is C13H18ClNO4. The van der Waals surface area contributed by atoms with Gasteiger partial charge in [-0.3, -0.25) is 0 Å². The third kappa shape index (κ3) is 3.59. The normalized spacial score (nSPS) is 17.5. The monoisotopic (exact) mass is 287 g/mol. The lowest BCUT2D eigenvalue weighted by Gasteiger charge is -2.28. The van der Waals surface area contributed by atoms with Crippen molar-refractivity contribution >= 4 is 18.4 Å². The average molecular weight is 288 g/mol. The second-order valence-electron chi connectivity index (χ2n) is 4.56. The highest BCUT2D eigenvalue weighted by Gasteiger charge is 2.23. The second kappa shape index (κ2) is 6.75. The van der Waals surface area contributed by atoms with Crippen LogP contribution >= 0.6 is 12.4 Å². The Balaban J connectivity index is 0.00000180. The molecule has 0 bridgehead atoms. The zero-order valence-electron chi connectivity index (χ0n) is 10.4. The summed E-state index contributed by atoms with van der Waals surface area (Å²) in [5.74, 6) is -1.08. The summed E-state index contributed by atoms with van der Waals surface area (Å²) in [6, 6.07) is 4.31. The average Bonchev–Trinajstić information content (AvgIpc) is 2.39. The molecule has 0 saturated carbocycles. The van der Waals surface area contributed by atoms with E-state index < -0.39 is 5.97 Å². The number of benzene rings is 1. The molecule has 1 aliphatic heterocycles. The summed E-state index contributed by atoms with van der Waals surface area (Å²) in [5.41, 5.74) is 6.80. The van der Waals surface area contributed by atoms with E-state index in [1.165, 1.54) is 12.1 Å². The molecular weight excluding hydrogens is 270 g/mol. The number of aromatic carboxylic acids is 1. The van der Waals surface area contributed by atoms with Crippen LogP contribution in [0.25, 0.3) is 0 Å². The second-order valence-corrected chi connectivity index (χ2v) is 4.56. The van der Waals surface area contributed by atoms with Gasteiger partial charge in [-0.2, -0.15) is 0 Å². The van der Waals surface area contributed by atoms with Crippen molar-refractivity contribution in [1.82, 2.24) is 0 Å². The van der Waals surface area contributed by atoms with Crippen molar-refractivity contribution in [1.29, 1.82) is 0 Å². The van der Waals surface area contributed by atoms with Crippen LogP contribution in [0.5, 0.6) is 5.75 Å². The van der Waals surface area contributed by atoms with Crippen LogP contribution in [0.4, 0.5) is 0 Å². The largest absolute Gasteiger partial charge is 0.507 e. The van der Waals surface area contributed by atoms with E-state index >= 15 is 0 Å². The predicted octanol–water partition coefficient (Wildman–Crippen LogP) is 1.94. The third-order valence-electron chi connectivity index (χ3n) is 3.41. The van der Waals surface area contributed by atoms with Crippen LogP contribution in [0, 0.1) is 5.92 Å². The minimum absolute atomic E-state index is 0. The molecule has 5 nitrogen and oxygen atoms in total. The number of hydrogen-bond acceptors (Lipinski definition) is 4. The molecule has 1 aromatic rings. The third-order valence-corrected chi connectivity index (χ3v) is 3.41. The molecule has 2 rings (SSSR count). The molecule has 0 radical (unpaired) electrons. The van der Waals surface area contributed by atoms with Crippen LogP contribution in [0.3, 0.4) is 0 Å². The summed E-state index contributed by atoms with van der Waals surface area (Å²) in [4.78, 5) is 11.0. The Morgan fingerprint density at radius 1 is 1.37 bits per heavy atom. The first-order valence-electron chi connectivity index (χ1n) is 5.99. The number of hydrogen-bond donors (Lipinski definition) is 3. The van der Waals surface area contributed by atoms with Crippen molar-refractivity contribution in [3.63, 3.8) is 0 Å². The van der Waals surface area contributed by atoms with Crippen molar-refractivity contribution < 1.29 is 19.7 Å². The van der Waals surface area contributed by atoms with E-state index in [2.05, 4.69) is 0 Å². The Hall–Kier alpha value is -1.30. The number of ether oxygens (including phenoxy) is 1. The number of carbonyl (C=O) groups is 1. The van der Waals surface area contributed by atoms with Gasteiger partial charge in [0.1, 0.15) is 11.3 Å². The Labute approximate surface area is 117 Å². The molecule has 0 aliphatic carbocycles. The van der Waals surface area contributed by atoms with E-state index in [1.807, 2.05) is 0 Å². The molecule has 106 valence electrons. The Bertz CT molecular complexity index is 446. The predicted molar refractivity (Wildman–Crippen MR) is 72.8 cm³/mol. The molecule has 1 heterocycles. The van der Waals surface area contributed by atoms with Crippen LogP contribution < -0.4 is 5.73 Å². The summed E-state index contributed by atoms with van der Waals surface area (Å²) in [6.45, 7) is 1.39. The highest BCUT2D eigenvalue weighted by Crippen LogP contribution is 2.30. The van der Waals surface area contributed by atoms with Crippen molar-refractivity contribution in [2.24, 2.45) is 11.7 Å². The molecule has 0 amide bonds. The van der Waals surface area contributed by atoms with E-state index in [0.717, 1.165) is 18.4 Å². The van der Waals surface area contributed by atoms with Crippen LogP contribution in [-0.2, 0) is 4.74 Å². The van der Waals surface area contributed by atoms with Crippen molar-refractivity contribution in [3.8, 4) is 5.75 Å². The van der Waals surface area contributed by atoms with Gasteiger partial charge >= 0.3 is 5.97 Å². The Morgan fingerprint density at radius 3 is 2.58 bits per heavy atom. The van der Waals surface area contributed by atoms with Gasteiger partial charge in [0.05, 0.1) is 0 Å². The smallest absolute Gasteiger partial charge is 0.339 e. The topological polar surface area (TPSA) is 92.8 Å². The number of carboxylic acids is 1. The summed E-state index contributed by atoms with van der Waals surface area (Å²) in [5, 5.41) is 18.4. The van der Waals surface area contributed by atoms with E-state index in [0.29, 0.717) is 19.1 Å². The number of aromatic hydroxyl groups is 1. The van der Waals surface area contributed by atoms with Gasteiger partial charge in [-0.25, -0.2) is 4.79 Å². The summed E-state index contributed by atoms with van der Waals surface area (Å²) >= 11 is 0. The summed E-state index contributed by atoms with van der Waals surface area (Å²) in [6.07, 6.45) is 1.76. The summed E-state index contributed by atoms with van der Waals surface area (Å²) in [7, 11) is 0. The molecule has 1 saturated heterocycles. The van der Waals surface area contributed by atoms with Gasteiger partial charge < -0.3 is 20.7 Å². The highest BCUT2D eigenvalue weighted by molar-refractivity contribution is 5.90. The SMILES string of the molecule is Cl.N[C@@H](c1ccc(O)c(C(=O)O)c1)C1CCOCC1. The van der Waals surface area contributed by atoms with Crippen molar-refractivity contribution in [2.75, 3.05) is 13.2 Å². The molecule has 0 aromatic heterocycles. The minimum atomic E-state index is -1.14. The number of carboxylic acid groups (broad SMARTS) is 1. The van der Waals surface area contributed by atoms with Gasteiger partial charge in [-0.05, 0) is 36.5 Å². The first kappa shape index (κ1) is 15.8. The summed E-state index contributed by atoms with van der Waals surface area (Å²) < 4.78 is 5.28. The van der Waals surface area contributed by atoms with Gasteiger partial charge in [-0.1, -0.05) is 6.07 Å². The van der Waals surface area contributed by atoms with Gasteiger partial charge in [0.15, 0.2) is 0 Å². The molecule has 0 unspecified atom stereocenters. The van der Waals surface area contributed by atoms with Crippen LogP contribution in [0.2, 0.25) is 0 Å². The van der Waals surface area contributed by atoms with Gasteiger partial charge in [-0.15, -0.1) is 12.4 Å². The van der Waals surface area contributed by atoms with E-state index in [-0.39, 0.29) is 29.8 Å². The number of rotatable bonds is 3. The quantitative estimate of drug-likeness (QED) is 0.790. The van der Waals surface area contributed by atoms with E-state index in [1.54, 1.807) is 6.07 Å². The molecule has 1 aliphatic rings. The van der Waals surface area contributed by atoms with E-state index in [9.17, 15) is 9.90 Å². The minimum Gasteiger partial charge on any atom is -0.507 e. The van der Waals surface area contributed by atoms with Crippen molar-refractivity contribution in [2.45, 2.75) is 18.9 Å². The molecule has 1 atom stereocenters.